The highest BCUT2D eigenvalue weighted by molar-refractivity contribution is 7.17. The molecule has 3 N–H and O–H groups in total. The highest BCUT2D eigenvalue weighted by atomic mass is 35.5. The van der Waals surface area contributed by atoms with Gasteiger partial charge in [0, 0.05) is 6.54 Å². The second-order valence-electron chi connectivity index (χ2n) is 5.47. The molecule has 5 nitrogen and oxygen atoms in total. The molecule has 1 aliphatic heterocycles. The number of H-pyrrole nitrogens is 1. The molecule has 116 valence electrons. The Bertz CT molecular complexity index is 639. The van der Waals surface area contributed by atoms with Crippen molar-refractivity contribution in [1.82, 2.24) is 14.9 Å². The number of nitrogens with zero attached hydrogens (tertiary/aromatic N) is 2. The average Bonchev–Trinajstić information content (AvgIpc) is 2.88. The monoisotopic (exact) mass is 328 g/mol. The van der Waals surface area contributed by atoms with E-state index in [1.807, 2.05) is 11.4 Å². The lowest BCUT2D eigenvalue weighted by atomic mass is 9.95. The highest BCUT2D eigenvalue weighted by Gasteiger charge is 2.20. The topological polar surface area (TPSA) is 75.0 Å². The van der Waals surface area contributed by atoms with E-state index in [0.717, 1.165) is 43.9 Å². The van der Waals surface area contributed by atoms with Gasteiger partial charge in [0.1, 0.15) is 10.5 Å². The van der Waals surface area contributed by atoms with Crippen LogP contribution in [0.4, 0.5) is 0 Å². The molecule has 1 atom stereocenters. The van der Waals surface area contributed by atoms with Crippen molar-refractivity contribution < 1.29 is 0 Å². The summed E-state index contributed by atoms with van der Waals surface area (Å²) in [6.07, 6.45) is 3.56. The van der Waals surface area contributed by atoms with Crippen molar-refractivity contribution in [1.29, 1.82) is 0 Å². The predicted molar refractivity (Wildman–Crippen MR) is 89.2 cm³/mol. The van der Waals surface area contributed by atoms with Gasteiger partial charge in [-0.2, -0.15) is 0 Å². The molecule has 0 bridgehead atoms. The average molecular weight is 329 g/mol. The summed E-state index contributed by atoms with van der Waals surface area (Å²) < 4.78 is 0.716. The first-order valence-electron chi connectivity index (χ1n) is 7.15. The van der Waals surface area contributed by atoms with E-state index in [-0.39, 0.29) is 18.0 Å². The van der Waals surface area contributed by atoms with E-state index in [0.29, 0.717) is 10.6 Å². The first-order valence-corrected chi connectivity index (χ1v) is 8.03. The minimum atomic E-state index is -0.0180. The first kappa shape index (κ1) is 16.4. The fourth-order valence-electron chi connectivity index (χ4n) is 2.97. The first-order chi connectivity index (χ1) is 9.76. The summed E-state index contributed by atoms with van der Waals surface area (Å²) in [5.74, 6) is 1.46. The van der Waals surface area contributed by atoms with Gasteiger partial charge in [-0.05, 0) is 49.7 Å². The van der Waals surface area contributed by atoms with Crippen LogP contribution in [0.2, 0.25) is 0 Å². The Morgan fingerprint density at radius 3 is 3.19 bits per heavy atom. The zero-order valence-electron chi connectivity index (χ0n) is 11.9. The number of likely N-dealkylation sites (tertiary alicyclic amines) is 1. The molecular formula is C14H21ClN4OS. The molecular weight excluding hydrogens is 308 g/mol. The van der Waals surface area contributed by atoms with E-state index >= 15 is 0 Å². The van der Waals surface area contributed by atoms with Crippen LogP contribution in [0.15, 0.2) is 16.2 Å². The van der Waals surface area contributed by atoms with Gasteiger partial charge in [0.25, 0.3) is 5.56 Å². The van der Waals surface area contributed by atoms with Gasteiger partial charge in [0.05, 0.1) is 12.1 Å². The number of aromatic nitrogens is 2. The zero-order chi connectivity index (χ0) is 13.9. The summed E-state index contributed by atoms with van der Waals surface area (Å²) in [7, 11) is 0. The van der Waals surface area contributed by atoms with Crippen molar-refractivity contribution in [3.8, 4) is 0 Å². The molecule has 0 radical (unpaired) electrons. The lowest BCUT2D eigenvalue weighted by Crippen LogP contribution is -2.36. The van der Waals surface area contributed by atoms with Gasteiger partial charge in [-0.1, -0.05) is 0 Å². The van der Waals surface area contributed by atoms with E-state index < -0.39 is 0 Å². The second kappa shape index (κ2) is 7.35. The molecule has 1 fully saturated rings. The standard InChI is InChI=1S/C14H20N4OS.ClH/c15-5-3-10-2-1-6-18(8-10)9-12-16-11-4-7-20-13(11)14(19)17-12;/h4,7,10H,1-3,5-6,8-9,15H2,(H,16,17,19);1H. The van der Waals surface area contributed by atoms with Gasteiger partial charge in [0.2, 0.25) is 0 Å². The third-order valence-electron chi connectivity index (χ3n) is 3.92. The lowest BCUT2D eigenvalue weighted by Gasteiger charge is -2.32. The molecule has 2 aromatic rings. The maximum absolute atomic E-state index is 11.9. The SMILES string of the molecule is Cl.NCCC1CCCN(Cc2nc3ccsc3c(=O)[nH]2)C1. The minimum absolute atomic E-state index is 0. The summed E-state index contributed by atoms with van der Waals surface area (Å²) in [5, 5.41) is 1.91. The van der Waals surface area contributed by atoms with E-state index in [2.05, 4.69) is 14.9 Å². The van der Waals surface area contributed by atoms with Crippen molar-refractivity contribution in [2.75, 3.05) is 19.6 Å². The number of thiophene rings is 1. The summed E-state index contributed by atoms with van der Waals surface area (Å²) in [6, 6.07) is 1.91. The smallest absolute Gasteiger partial charge is 0.268 e. The lowest BCUT2D eigenvalue weighted by molar-refractivity contribution is 0.160. The number of aromatic amines is 1. The van der Waals surface area contributed by atoms with Crippen LogP contribution in [0.3, 0.4) is 0 Å². The molecule has 1 aliphatic rings. The maximum Gasteiger partial charge on any atom is 0.268 e. The molecule has 7 heteroatoms. The summed E-state index contributed by atoms with van der Waals surface area (Å²) in [4.78, 5) is 21.8. The van der Waals surface area contributed by atoms with Crippen LogP contribution in [0.1, 0.15) is 25.1 Å². The predicted octanol–water partition coefficient (Wildman–Crippen LogP) is 1.97. The number of piperidine rings is 1. The Labute approximate surface area is 134 Å². The Kier molecular flexibility index (Phi) is 5.75. The molecule has 3 heterocycles. The van der Waals surface area contributed by atoms with Gasteiger partial charge >= 0.3 is 0 Å². The van der Waals surface area contributed by atoms with Crippen molar-refractivity contribution in [3.05, 3.63) is 27.6 Å². The molecule has 0 amide bonds. The molecule has 0 spiro atoms. The molecule has 1 saturated heterocycles. The summed E-state index contributed by atoms with van der Waals surface area (Å²) in [6.45, 7) is 3.62. The van der Waals surface area contributed by atoms with Gasteiger partial charge in [0.15, 0.2) is 0 Å². The van der Waals surface area contributed by atoms with E-state index in [9.17, 15) is 4.79 Å². The van der Waals surface area contributed by atoms with Crippen molar-refractivity contribution in [2.24, 2.45) is 11.7 Å². The van der Waals surface area contributed by atoms with Gasteiger partial charge in [-0.3, -0.25) is 9.69 Å². The van der Waals surface area contributed by atoms with E-state index in [4.69, 9.17) is 5.73 Å². The largest absolute Gasteiger partial charge is 0.330 e. The second-order valence-corrected chi connectivity index (χ2v) is 6.38. The van der Waals surface area contributed by atoms with Gasteiger partial charge in [-0.15, -0.1) is 23.7 Å². The summed E-state index contributed by atoms with van der Waals surface area (Å²) in [5.41, 5.74) is 6.44. The minimum Gasteiger partial charge on any atom is -0.330 e. The van der Waals surface area contributed by atoms with Crippen LogP contribution in [-0.4, -0.2) is 34.5 Å². The Balaban J connectivity index is 0.00000161. The van der Waals surface area contributed by atoms with Crippen LogP contribution in [0, 0.1) is 5.92 Å². The molecule has 1 unspecified atom stereocenters. The third-order valence-corrected chi connectivity index (χ3v) is 4.82. The maximum atomic E-state index is 11.9. The van der Waals surface area contributed by atoms with E-state index in [1.165, 1.54) is 24.2 Å². The fourth-order valence-corrected chi connectivity index (χ4v) is 3.70. The molecule has 0 saturated carbocycles. The summed E-state index contributed by atoms with van der Waals surface area (Å²) >= 11 is 1.44. The Morgan fingerprint density at radius 2 is 2.38 bits per heavy atom. The number of fused-ring (bicyclic) bond motifs is 1. The molecule has 0 aliphatic carbocycles. The highest BCUT2D eigenvalue weighted by Crippen LogP contribution is 2.20. The van der Waals surface area contributed by atoms with Gasteiger partial charge in [-0.25, -0.2) is 4.98 Å². The number of hydrogen-bond acceptors (Lipinski definition) is 5. The number of hydrogen-bond donors (Lipinski definition) is 2. The fraction of sp³-hybridized carbons (Fsp3) is 0.571. The Hall–Kier alpha value is -0.950. The van der Waals surface area contributed by atoms with Gasteiger partial charge < -0.3 is 10.7 Å². The normalized spacial score (nSPS) is 19.6. The quantitative estimate of drug-likeness (QED) is 0.899. The Morgan fingerprint density at radius 1 is 1.52 bits per heavy atom. The van der Waals surface area contributed by atoms with Crippen LogP contribution >= 0.6 is 23.7 Å². The van der Waals surface area contributed by atoms with Crippen molar-refractivity contribution in [3.63, 3.8) is 0 Å². The van der Waals surface area contributed by atoms with E-state index in [1.54, 1.807) is 0 Å². The van der Waals surface area contributed by atoms with Crippen molar-refractivity contribution >= 4 is 34.0 Å². The molecule has 0 aromatic carbocycles. The molecule has 3 rings (SSSR count). The number of halogens is 1. The number of nitrogens with one attached hydrogen (secondary N) is 1. The van der Waals surface area contributed by atoms with Crippen LogP contribution < -0.4 is 11.3 Å². The number of nitrogens with two attached hydrogens (primary N) is 1. The molecule has 2 aromatic heterocycles. The molecule has 21 heavy (non-hydrogen) atoms. The van der Waals surface area contributed by atoms with Crippen molar-refractivity contribution in [2.45, 2.75) is 25.8 Å². The van der Waals surface area contributed by atoms with Crippen LogP contribution in [0.5, 0.6) is 0 Å². The number of rotatable bonds is 4. The van der Waals surface area contributed by atoms with Crippen LogP contribution in [0.25, 0.3) is 10.2 Å². The zero-order valence-corrected chi connectivity index (χ0v) is 13.5. The van der Waals surface area contributed by atoms with Crippen LogP contribution in [-0.2, 0) is 6.54 Å². The third kappa shape index (κ3) is 3.83.